The van der Waals surface area contributed by atoms with Gasteiger partial charge in [0.05, 0.1) is 26.4 Å². The SMILES string of the molecule is C[C@H](c1ccccc1)[C@H]1N=C([O-])C[NH+]=C(O)C(CO)NC(=O)[C@@H]([C@H](O)[C@@H]2CNC(N)=[N+]2[C@@H]2O[C@@H](CO)[C@H](O)[C@H](O)[C@@H]2O)NC(=O)[C@H]([C@H](O)[C@@H]2C[NH+]=C(N)N2)NC(=O)[C@@H](Cc2ccc(O[C@H]3O[C@H](CO)[C@@H](O[C@@H]4O[C@@H](COc5cccs5)[C@H](O)[C@H](O)[C@@H]4O)[C@@H](O)[C@H]3O)cc2)NC1=O. The smallest absolute Gasteiger partial charge is 0.358 e. The molecule has 2 aromatic carbocycles. The highest BCUT2D eigenvalue weighted by atomic mass is 32.1. The number of guanidine groups is 2. The quantitative estimate of drug-likeness (QED) is 0.0496. The van der Waals surface area contributed by atoms with Gasteiger partial charge in [-0.05, 0) is 40.8 Å². The number of rotatable bonds is 19. The molecule has 4 amide bonds. The first-order valence-electron chi connectivity index (χ1n) is 30.6. The van der Waals surface area contributed by atoms with Crippen LogP contribution in [-0.2, 0) is 44.5 Å². The summed E-state index contributed by atoms with van der Waals surface area (Å²) >= 11 is 1.24. The van der Waals surface area contributed by atoms with Crippen LogP contribution in [0.3, 0.4) is 0 Å². The van der Waals surface area contributed by atoms with Crippen molar-refractivity contribution >= 4 is 58.7 Å². The number of carbonyl (C=O) groups excluding carboxylic acids is 4. The molecule has 3 aromatic rings. The van der Waals surface area contributed by atoms with Crippen LogP contribution < -0.4 is 67.9 Å². The Bertz CT molecular complexity index is 3250. The van der Waals surface area contributed by atoms with Crippen molar-refractivity contribution in [2.24, 2.45) is 16.5 Å². The first kappa shape index (κ1) is 72.7. The maximum atomic E-state index is 15.2. The van der Waals surface area contributed by atoms with Gasteiger partial charge >= 0.3 is 17.8 Å². The molecule has 1 unspecified atom stereocenters. The van der Waals surface area contributed by atoms with Crippen LogP contribution in [0.15, 0.2) is 77.1 Å². The van der Waals surface area contributed by atoms with E-state index >= 15 is 9.59 Å². The highest BCUT2D eigenvalue weighted by Gasteiger charge is 2.55. The lowest BCUT2D eigenvalue weighted by Gasteiger charge is -2.46. The van der Waals surface area contributed by atoms with Crippen molar-refractivity contribution in [2.45, 2.75) is 166 Å². The number of hydrogen-bond acceptors (Lipinski definition) is 30. The van der Waals surface area contributed by atoms with Gasteiger partial charge in [0.1, 0.15) is 141 Å². The number of amides is 4. The number of benzene rings is 2. The zero-order valence-corrected chi connectivity index (χ0v) is 52.0. The van der Waals surface area contributed by atoms with Crippen LogP contribution in [0.5, 0.6) is 10.8 Å². The molecule has 38 heteroatoms. The van der Waals surface area contributed by atoms with Gasteiger partial charge in [0.25, 0.3) is 0 Å². The first-order chi connectivity index (χ1) is 45.8. The van der Waals surface area contributed by atoms with Crippen molar-refractivity contribution in [2.75, 3.05) is 46.1 Å². The molecule has 26 N–H and O–H groups in total. The number of nitrogens with two attached hydrogens (primary N) is 2. The first-order valence-corrected chi connectivity index (χ1v) is 31.4. The fourth-order valence-corrected chi connectivity index (χ4v) is 12.4. The van der Waals surface area contributed by atoms with Crippen molar-refractivity contribution in [1.29, 1.82) is 0 Å². The predicted molar refractivity (Wildman–Crippen MR) is 323 cm³/mol. The number of ether oxygens (including phenoxy) is 6. The molecule has 3 saturated heterocycles. The third-order valence-corrected chi connectivity index (χ3v) is 18.1. The van der Waals surface area contributed by atoms with E-state index in [0.717, 1.165) is 4.58 Å². The maximum Gasteiger partial charge on any atom is 0.358 e. The van der Waals surface area contributed by atoms with Gasteiger partial charge in [-0.2, -0.15) is 0 Å². The zero-order chi connectivity index (χ0) is 69.4. The van der Waals surface area contributed by atoms with Crippen LogP contribution in [0.2, 0.25) is 0 Å². The summed E-state index contributed by atoms with van der Waals surface area (Å²) in [5.41, 5.74) is 13.0. The summed E-state index contributed by atoms with van der Waals surface area (Å²) in [5.74, 6) is -8.50. The van der Waals surface area contributed by atoms with Gasteiger partial charge in [0, 0.05) is 18.2 Å². The third kappa shape index (κ3) is 16.5. The minimum absolute atomic E-state index is 0.0584. The van der Waals surface area contributed by atoms with E-state index < -0.39 is 227 Å². The van der Waals surface area contributed by atoms with Crippen molar-refractivity contribution in [3.63, 3.8) is 0 Å². The molecule has 528 valence electrons. The van der Waals surface area contributed by atoms with E-state index in [9.17, 15) is 86.2 Å². The van der Waals surface area contributed by atoms with E-state index in [1.54, 1.807) is 54.8 Å². The number of nitrogens with one attached hydrogen (secondary N) is 8. The Morgan fingerprint density at radius 2 is 1.32 bits per heavy atom. The molecule has 0 saturated carbocycles. The van der Waals surface area contributed by atoms with E-state index in [1.165, 1.54) is 35.6 Å². The standard InChI is InChI=1S/C58H80N12O25S/c1-22(24-6-3-2-4-7-24)35-51(87)64-26(14-23-9-11-25(12-10-23)91-55-47(84)44(81)48(31(20-73)93-55)95-56-46(83)43(80)41(78)32(94-56)21-90-34-8-5-13-96-34)50(86)68-36(38(75)27-15-62-57(59)66-27)53(89)69-37(52(88)65-28(18-71)49(85)61-17-33(74)67-35)39(76)29-16-63-58(60)70(29)54-45(82)42(79)40(77)30(19-72)92-54/h2-13,22,26-32,35-48,54-56,71-73,75-84H,14-21H2,1H3,(H11,59,60,61,62,63,64,65,66,67,68,69,74,85,86,87,88,89)/p+2/t22-,26-,27+,28?,29+,30+,31-,32+,35-,36+,37-,38-,39-,40+,41+,42+,43+,44+,45+,46+,47-,48-,54-,55+,56+/m1/s1. The van der Waals surface area contributed by atoms with Crippen LogP contribution in [0.1, 0.15) is 24.0 Å². The van der Waals surface area contributed by atoms with Gasteiger partial charge < -0.3 is 126 Å². The van der Waals surface area contributed by atoms with Gasteiger partial charge in [-0.25, -0.2) is 9.57 Å². The van der Waals surface area contributed by atoms with Gasteiger partial charge in [-0.3, -0.25) is 51.3 Å². The second kappa shape index (κ2) is 32.2. The van der Waals surface area contributed by atoms with Gasteiger partial charge in [0.15, 0.2) is 23.9 Å². The maximum absolute atomic E-state index is 15.2. The molecule has 7 heterocycles. The monoisotopic (exact) mass is 1380 g/mol. The summed E-state index contributed by atoms with van der Waals surface area (Å²) in [4.78, 5) is 69.1. The van der Waals surface area contributed by atoms with Crippen molar-refractivity contribution < 1.29 is 139 Å². The summed E-state index contributed by atoms with van der Waals surface area (Å²) in [7, 11) is 0. The number of aliphatic imine (C=N–C) groups is 1. The molecule has 3 fully saturated rings. The third-order valence-electron chi connectivity index (χ3n) is 17.3. The molecule has 1 aromatic heterocycles. The summed E-state index contributed by atoms with van der Waals surface area (Å²) in [6, 6.07) is 4.49. The Morgan fingerprint density at radius 1 is 0.688 bits per heavy atom. The van der Waals surface area contributed by atoms with Gasteiger partial charge in [-0.1, -0.05) is 49.4 Å². The van der Waals surface area contributed by atoms with E-state index in [1.807, 2.05) is 0 Å². The summed E-state index contributed by atoms with van der Waals surface area (Å²) in [5, 5.41) is 185. The number of nitrogens with zero attached hydrogens (tertiary/aromatic N) is 2. The number of thiophene rings is 1. The Balaban J connectivity index is 1.01. The van der Waals surface area contributed by atoms with Crippen molar-refractivity contribution in [3.8, 4) is 10.8 Å². The fraction of sp³-hybridized carbons (Fsp3) is 0.586. The fourth-order valence-electron chi connectivity index (χ4n) is 11.8. The van der Waals surface area contributed by atoms with E-state index in [2.05, 4.69) is 46.9 Å². The molecule has 96 heavy (non-hydrogen) atoms. The van der Waals surface area contributed by atoms with E-state index in [0.29, 0.717) is 10.6 Å². The van der Waals surface area contributed by atoms with Gasteiger partial charge in [0.2, 0.25) is 36.1 Å². The number of aliphatic hydroxyl groups is 14. The predicted octanol–water partition coefficient (Wildman–Crippen LogP) is -15.5. The molecule has 0 radical (unpaired) electrons. The van der Waals surface area contributed by atoms with Crippen molar-refractivity contribution in [3.05, 3.63) is 83.2 Å². The lowest BCUT2D eigenvalue weighted by Crippen LogP contribution is -2.80. The summed E-state index contributed by atoms with van der Waals surface area (Å²) in [6.45, 7) is -3.08. The molecule has 6 aliphatic rings. The Kier molecular flexibility index (Phi) is 24.4. The number of hydrogen-bond donors (Lipinski definition) is 24. The zero-order valence-electron chi connectivity index (χ0n) is 51.2. The average Bonchev–Trinajstić information content (AvgIpc) is 1.59. The van der Waals surface area contributed by atoms with Crippen LogP contribution in [-0.4, -0.2) is 316 Å². The highest BCUT2D eigenvalue weighted by Crippen LogP contribution is 2.32. The lowest BCUT2D eigenvalue weighted by molar-refractivity contribution is -0.663. The highest BCUT2D eigenvalue weighted by molar-refractivity contribution is 7.11. The lowest BCUT2D eigenvalue weighted by atomic mass is 9.92. The van der Waals surface area contributed by atoms with Crippen LogP contribution >= 0.6 is 11.3 Å². The number of carbonyl (C=O) groups is 4. The minimum Gasteiger partial charge on any atom is -0.858 e. The van der Waals surface area contributed by atoms with Crippen molar-refractivity contribution in [1.82, 2.24) is 31.9 Å². The summed E-state index contributed by atoms with van der Waals surface area (Å²) in [6.07, 6.45) is -31.0. The molecule has 0 aliphatic carbocycles. The minimum atomic E-state index is -2.30. The van der Waals surface area contributed by atoms with Crippen LogP contribution in [0.4, 0.5) is 0 Å². The molecule has 0 spiro atoms. The largest absolute Gasteiger partial charge is 0.858 e. The second-order valence-electron chi connectivity index (χ2n) is 23.7. The van der Waals surface area contributed by atoms with E-state index in [4.69, 9.17) is 39.9 Å². The van der Waals surface area contributed by atoms with E-state index in [-0.39, 0.29) is 36.4 Å². The Labute approximate surface area is 549 Å². The summed E-state index contributed by atoms with van der Waals surface area (Å²) < 4.78 is 35.7. The molecular formula is C58H82N12O25S+2. The van der Waals surface area contributed by atoms with Crippen LogP contribution in [0.25, 0.3) is 0 Å². The van der Waals surface area contributed by atoms with Crippen LogP contribution in [0, 0.1) is 0 Å². The Morgan fingerprint density at radius 3 is 1.98 bits per heavy atom. The Hall–Kier alpha value is -7.58. The average molecular weight is 1380 g/mol. The molecule has 6 aliphatic heterocycles. The number of aliphatic hydroxyl groups excluding tert-OH is 14. The molecule has 37 nitrogen and oxygen atoms in total. The molecule has 25 atom stereocenters. The second-order valence-corrected chi connectivity index (χ2v) is 24.6. The topological polar surface area (TPSA) is 597 Å². The normalized spacial score (nSPS) is 36.2. The molecule has 0 bridgehead atoms. The molecular weight excluding hydrogens is 1300 g/mol. The molecule has 9 rings (SSSR count). The van der Waals surface area contributed by atoms with Gasteiger partial charge in [-0.15, -0.1) is 11.3 Å².